The van der Waals surface area contributed by atoms with Crippen molar-refractivity contribution < 1.29 is 14.2 Å². The zero-order chi connectivity index (χ0) is 52.0. The van der Waals surface area contributed by atoms with E-state index in [4.69, 9.17) is 29.4 Å². The third-order valence-electron chi connectivity index (χ3n) is 11.9. The molecule has 4 heterocycles. The Morgan fingerprint density at radius 1 is 0.644 bits per heavy atom. The second kappa shape index (κ2) is 32.0. The Hall–Kier alpha value is -7.16. The molecule has 0 fully saturated rings. The molecule has 8 rings (SSSR count). The fraction of sp³-hybridized carbons (Fsp3) is 0.390. The molecule has 2 aliphatic heterocycles. The van der Waals surface area contributed by atoms with Gasteiger partial charge in [-0.3, -0.25) is 9.98 Å². The number of nitrogens with zero attached hydrogens (tertiary/aromatic N) is 7. The fourth-order valence-electron chi connectivity index (χ4n) is 7.76. The number of rotatable bonds is 4. The summed E-state index contributed by atoms with van der Waals surface area (Å²) in [5, 5.41) is 15.5. The molecule has 0 amide bonds. The zero-order valence-electron chi connectivity index (χ0n) is 44.8. The smallest absolute Gasteiger partial charge is 0.225 e. The van der Waals surface area contributed by atoms with Crippen molar-refractivity contribution in [2.45, 2.75) is 92.2 Å². The van der Waals surface area contributed by atoms with Crippen molar-refractivity contribution in [3.63, 3.8) is 0 Å². The summed E-state index contributed by atoms with van der Waals surface area (Å²) in [6.07, 6.45) is 17.3. The van der Waals surface area contributed by atoms with Gasteiger partial charge >= 0.3 is 0 Å². The van der Waals surface area contributed by atoms with Gasteiger partial charge in [0.15, 0.2) is 0 Å². The van der Waals surface area contributed by atoms with Crippen LogP contribution in [-0.2, 0) is 22.6 Å². The molecule has 0 aliphatic carbocycles. The highest BCUT2D eigenvalue weighted by molar-refractivity contribution is 6.08. The summed E-state index contributed by atoms with van der Waals surface area (Å²) in [6.45, 7) is 13.0. The lowest BCUT2D eigenvalue weighted by Crippen LogP contribution is -2.20. The van der Waals surface area contributed by atoms with Crippen LogP contribution in [0.5, 0.6) is 5.75 Å². The van der Waals surface area contributed by atoms with Crippen molar-refractivity contribution in [1.82, 2.24) is 19.9 Å². The average Bonchev–Trinajstić information content (AvgIpc) is 3.42. The number of ether oxygens (including phenoxy) is 3. The molecule has 14 nitrogen and oxygen atoms in total. The number of hydrogen-bond donors (Lipinski definition) is 4. The van der Waals surface area contributed by atoms with E-state index in [1.165, 1.54) is 35.2 Å². The normalized spacial score (nSPS) is 17.5. The van der Waals surface area contributed by atoms with E-state index in [1.54, 1.807) is 28.3 Å². The first-order valence-electron chi connectivity index (χ1n) is 25.7. The minimum Gasteiger partial charge on any atom is -0.493 e. The monoisotopic (exact) mass is 990 g/mol. The number of amidine groups is 2. The van der Waals surface area contributed by atoms with Gasteiger partial charge in [0.05, 0.1) is 17.6 Å². The molecule has 388 valence electrons. The van der Waals surface area contributed by atoms with Gasteiger partial charge in [-0.1, -0.05) is 97.3 Å². The number of nitrogens with one attached hydrogen (secondary N) is 4. The minimum absolute atomic E-state index is 0.566. The van der Waals surface area contributed by atoms with Crippen LogP contribution in [0.4, 0.5) is 29.2 Å². The first-order valence-corrected chi connectivity index (χ1v) is 25.7. The van der Waals surface area contributed by atoms with Gasteiger partial charge in [0.1, 0.15) is 29.1 Å². The van der Waals surface area contributed by atoms with E-state index in [9.17, 15) is 0 Å². The molecular formula is C59H79N11O3. The van der Waals surface area contributed by atoms with Crippen LogP contribution in [0.25, 0.3) is 21.8 Å². The number of hydrogen-bond acceptors (Lipinski definition) is 12. The number of allylic oxidation sites excluding steroid dienone is 3. The Labute approximate surface area is 434 Å². The second-order valence-electron chi connectivity index (χ2n) is 17.7. The molecule has 0 saturated heterocycles. The van der Waals surface area contributed by atoms with Crippen LogP contribution in [0.3, 0.4) is 0 Å². The fourth-order valence-corrected chi connectivity index (χ4v) is 7.76. The molecule has 6 aromatic rings. The van der Waals surface area contributed by atoms with Gasteiger partial charge in [-0.05, 0) is 120 Å². The van der Waals surface area contributed by atoms with Crippen molar-refractivity contribution >= 4 is 62.7 Å². The summed E-state index contributed by atoms with van der Waals surface area (Å²) in [4.78, 5) is 30.2. The van der Waals surface area contributed by atoms with Crippen molar-refractivity contribution in [2.75, 3.05) is 87.9 Å². The largest absolute Gasteiger partial charge is 0.493 e. The number of aromatic nitrogens is 4. The average molecular weight is 990 g/mol. The lowest BCUT2D eigenvalue weighted by atomic mass is 10.1. The molecule has 2 aliphatic rings. The number of para-hydroxylation sites is 4. The van der Waals surface area contributed by atoms with Crippen molar-refractivity contribution in [3.05, 3.63) is 144 Å². The minimum atomic E-state index is 0.566. The number of methoxy groups -OCH3 is 2. The molecule has 73 heavy (non-hydrogen) atoms. The molecule has 0 unspecified atom stereocenters. The van der Waals surface area contributed by atoms with Crippen LogP contribution in [-0.4, -0.2) is 93.3 Å². The molecule has 4 bridgehead atoms. The molecule has 4 aromatic carbocycles. The number of fused-ring (bicyclic) bond motifs is 10. The summed E-state index contributed by atoms with van der Waals surface area (Å²) < 4.78 is 15.4. The lowest BCUT2D eigenvalue weighted by Gasteiger charge is -2.22. The van der Waals surface area contributed by atoms with Crippen LogP contribution < -0.4 is 30.9 Å². The maximum absolute atomic E-state index is 6.07. The number of benzene rings is 4. The van der Waals surface area contributed by atoms with E-state index in [1.807, 2.05) is 73.7 Å². The third kappa shape index (κ3) is 19.1. The van der Waals surface area contributed by atoms with Gasteiger partial charge in [0, 0.05) is 90.2 Å². The van der Waals surface area contributed by atoms with Gasteiger partial charge in [0.2, 0.25) is 11.9 Å². The predicted octanol–water partition coefficient (Wildman–Crippen LogP) is 13.1. The first kappa shape index (κ1) is 56.8. The summed E-state index contributed by atoms with van der Waals surface area (Å²) in [5.74, 6) is 5.13. The van der Waals surface area contributed by atoms with Crippen LogP contribution in [0, 0.1) is 0 Å². The molecule has 0 saturated carbocycles. The number of anilines is 5. The highest BCUT2D eigenvalue weighted by Gasteiger charge is 2.14. The molecule has 4 N–H and O–H groups in total. The van der Waals surface area contributed by atoms with Gasteiger partial charge in [0.25, 0.3) is 0 Å². The number of aliphatic imine (C=N–C) groups is 2. The Morgan fingerprint density at radius 3 is 1.79 bits per heavy atom. The van der Waals surface area contributed by atoms with Crippen LogP contribution in [0.1, 0.15) is 90.2 Å². The second-order valence-corrected chi connectivity index (χ2v) is 17.7. The molecule has 14 heteroatoms. The molecule has 2 aromatic heterocycles. The third-order valence-corrected chi connectivity index (χ3v) is 11.9. The number of unbranched alkanes of at least 4 members (excludes halogenated alkanes) is 1. The van der Waals surface area contributed by atoms with Crippen LogP contribution in [0.2, 0.25) is 0 Å². The standard InChI is InChI=1S/C26H30N6.C25H29N5O.C5H12O.C3H8O/c1-19-11-5-4-10-16-32(3)23-15-9-6-12-20(23)18-28-26-29-22-14-8-7-13-21(22)25(31-26)30-24(17-19)27-2;1-18-10-4-3-9-15-31-22-14-8-5-11-19(22)17-27-25-28-21-13-7-6-12-20(21)24(30-25)29-23(16-18)26-2;1-3-4-5-6-2;1-3-4-2/h4-9,12-15,17H,10-11,16,18H2,1-3H3,(H2,27,28,29,30,31);5-8,11-14,16H,3-4,9-10,15,17H2,1-2H3,(H2,26,27,28,29,30);3-5H2,1-2H3;3H2,1-2H3/b5-4-,19-17+;18-16+;;. The van der Waals surface area contributed by atoms with Crippen molar-refractivity contribution in [1.29, 1.82) is 0 Å². The maximum atomic E-state index is 6.07. The van der Waals surface area contributed by atoms with E-state index in [0.717, 1.165) is 121 Å². The van der Waals surface area contributed by atoms with Crippen LogP contribution >= 0.6 is 0 Å². The molecule has 0 radical (unpaired) electrons. The highest BCUT2D eigenvalue weighted by atomic mass is 16.5. The Balaban J connectivity index is 0.000000229. The SMILES string of the molecule is CCCCOC.CCOC.CN=C1/C=C(\C)C/C=C\CCN(C)c2ccccc2CNc2nc(c3ccccc3n2)N1.CN=C1/C=C(\C)CCCCCOc2ccccc2CNc2nc(c3ccccc3n2)N1. The summed E-state index contributed by atoms with van der Waals surface area (Å²) in [7, 11) is 9.14. The van der Waals surface area contributed by atoms with Crippen molar-refractivity contribution in [2.24, 2.45) is 9.98 Å². The quantitative estimate of drug-likeness (QED) is 0.0981. The lowest BCUT2D eigenvalue weighted by molar-refractivity contribution is 0.194. The Morgan fingerprint density at radius 2 is 1.21 bits per heavy atom. The predicted molar refractivity (Wildman–Crippen MR) is 308 cm³/mol. The van der Waals surface area contributed by atoms with Gasteiger partial charge in [-0.25, -0.2) is 9.97 Å². The van der Waals surface area contributed by atoms with Crippen molar-refractivity contribution in [3.8, 4) is 5.75 Å². The first-order chi connectivity index (χ1) is 35.7. The van der Waals surface area contributed by atoms with E-state index < -0.39 is 0 Å². The van der Waals surface area contributed by atoms with E-state index in [2.05, 4.69) is 123 Å². The van der Waals surface area contributed by atoms with E-state index >= 15 is 0 Å². The van der Waals surface area contributed by atoms with Gasteiger partial charge < -0.3 is 40.4 Å². The van der Waals surface area contributed by atoms with E-state index in [-0.39, 0.29) is 0 Å². The summed E-state index contributed by atoms with van der Waals surface area (Å²) >= 11 is 0. The van der Waals surface area contributed by atoms with Gasteiger partial charge in [-0.15, -0.1) is 0 Å². The Kier molecular flexibility index (Phi) is 24.9. The van der Waals surface area contributed by atoms with Gasteiger partial charge in [-0.2, -0.15) is 9.97 Å². The summed E-state index contributed by atoms with van der Waals surface area (Å²) in [5.41, 5.74) is 7.80. The topological polar surface area (TPSA) is 155 Å². The van der Waals surface area contributed by atoms with Crippen LogP contribution in [0.15, 0.2) is 142 Å². The maximum Gasteiger partial charge on any atom is 0.225 e. The zero-order valence-corrected chi connectivity index (χ0v) is 44.8. The molecule has 0 atom stereocenters. The molecule has 0 spiro atoms. The van der Waals surface area contributed by atoms with E-state index in [0.29, 0.717) is 25.0 Å². The molecular weight excluding hydrogens is 911 g/mol. The highest BCUT2D eigenvalue weighted by Crippen LogP contribution is 2.27. The Bertz CT molecular complexity index is 2760. The summed E-state index contributed by atoms with van der Waals surface area (Å²) in [6, 6.07) is 32.6.